The lowest BCUT2D eigenvalue weighted by molar-refractivity contribution is -0.218. The molecule has 2 aromatic rings. The Morgan fingerprint density at radius 3 is 2.53 bits per heavy atom. The first kappa shape index (κ1) is 26.8. The number of thiazole rings is 1. The van der Waals surface area contributed by atoms with Crippen LogP contribution in [0.15, 0.2) is 34.8 Å². The third kappa shape index (κ3) is 6.25. The number of amides is 2. The first-order valence-corrected chi connectivity index (χ1v) is 12.3. The van der Waals surface area contributed by atoms with E-state index in [0.29, 0.717) is 16.4 Å². The number of aromatic nitrogens is 1. The molecule has 36 heavy (non-hydrogen) atoms. The van der Waals surface area contributed by atoms with Gasteiger partial charge in [0, 0.05) is 10.9 Å². The van der Waals surface area contributed by atoms with Crippen molar-refractivity contribution in [1.29, 1.82) is 5.41 Å². The van der Waals surface area contributed by atoms with Crippen molar-refractivity contribution in [2.24, 2.45) is 10.9 Å². The molecule has 1 aromatic carbocycles. The molecule has 1 fully saturated rings. The number of hydrogen-bond acceptors (Lipinski definition) is 12. The van der Waals surface area contributed by atoms with Crippen LogP contribution in [0.2, 0.25) is 0 Å². The van der Waals surface area contributed by atoms with Crippen LogP contribution in [-0.2, 0) is 29.1 Å². The van der Waals surface area contributed by atoms with Gasteiger partial charge in [-0.3, -0.25) is 19.6 Å². The van der Waals surface area contributed by atoms with Crippen molar-refractivity contribution >= 4 is 50.2 Å². The van der Waals surface area contributed by atoms with Gasteiger partial charge in [-0.15, -0.1) is 15.6 Å². The Morgan fingerprint density at radius 1 is 1.33 bits per heavy atom. The number of rotatable bonds is 11. The molecule has 0 bridgehead atoms. The quantitative estimate of drug-likeness (QED) is 0.0615. The summed E-state index contributed by atoms with van der Waals surface area (Å²) in [5, 5.41) is 15.7. The number of nitrogen functional groups attached to an aromatic ring is 2. The van der Waals surface area contributed by atoms with Gasteiger partial charge < -0.3 is 26.4 Å². The van der Waals surface area contributed by atoms with E-state index in [1.165, 1.54) is 19.2 Å². The number of nitrogens with zero attached hydrogens (tertiary/aromatic N) is 3. The predicted molar refractivity (Wildman–Crippen MR) is 127 cm³/mol. The Morgan fingerprint density at radius 2 is 2.00 bits per heavy atom. The summed E-state index contributed by atoms with van der Waals surface area (Å²) in [5.74, 6) is -1.33. The normalized spacial score (nSPS) is 17.3. The van der Waals surface area contributed by atoms with Crippen LogP contribution in [0.4, 0.5) is 5.13 Å². The van der Waals surface area contributed by atoms with Crippen LogP contribution in [0.5, 0.6) is 5.75 Å². The molecule has 2 heterocycles. The number of oxime groups is 1. The van der Waals surface area contributed by atoms with Crippen molar-refractivity contribution in [2.45, 2.75) is 25.4 Å². The monoisotopic (exact) mass is 541 g/mol. The van der Waals surface area contributed by atoms with Crippen LogP contribution in [0.1, 0.15) is 25.1 Å². The maximum atomic E-state index is 12.9. The lowest BCUT2D eigenvalue weighted by Gasteiger charge is -2.50. The van der Waals surface area contributed by atoms with Crippen molar-refractivity contribution in [3.8, 4) is 5.75 Å². The largest absolute Gasteiger partial charge is 0.490 e. The number of hydroxylamine groups is 2. The second-order valence-electron chi connectivity index (χ2n) is 7.83. The second kappa shape index (κ2) is 10.4. The predicted octanol–water partition coefficient (Wildman–Crippen LogP) is -0.351. The van der Waals surface area contributed by atoms with E-state index in [2.05, 4.69) is 19.7 Å². The van der Waals surface area contributed by atoms with Crippen LogP contribution in [-0.4, -0.2) is 71.2 Å². The number of hydrogen-bond donors (Lipinski definition) is 5. The second-order valence-corrected chi connectivity index (χ2v) is 9.72. The van der Waals surface area contributed by atoms with E-state index in [1.54, 1.807) is 24.3 Å². The summed E-state index contributed by atoms with van der Waals surface area (Å²) >= 11 is 1.05. The Hall–Kier alpha value is -3.80. The van der Waals surface area contributed by atoms with Crippen molar-refractivity contribution in [3.05, 3.63) is 40.9 Å². The number of β-lactam (4-membered cyclic amide) rings is 1. The zero-order valence-corrected chi connectivity index (χ0v) is 20.6. The molecule has 7 N–H and O–H groups in total. The molecule has 0 radical (unpaired) electrons. The molecule has 2 amide bonds. The minimum Gasteiger partial charge on any atom is -0.490 e. The summed E-state index contributed by atoms with van der Waals surface area (Å²) in [6.45, 7) is 2.83. The van der Waals surface area contributed by atoms with Crippen molar-refractivity contribution in [2.75, 3.05) is 18.9 Å². The van der Waals surface area contributed by atoms with Gasteiger partial charge in [-0.2, -0.15) is 13.5 Å². The van der Waals surface area contributed by atoms with E-state index in [9.17, 15) is 18.0 Å². The zero-order valence-electron chi connectivity index (χ0n) is 19.0. The molecule has 194 valence electrons. The lowest BCUT2D eigenvalue weighted by atomic mass is 9.84. The minimum atomic E-state index is -4.94. The van der Waals surface area contributed by atoms with E-state index in [4.69, 9.17) is 31.0 Å². The number of anilines is 1. The van der Waals surface area contributed by atoms with E-state index in [1.807, 2.05) is 0 Å². The average molecular weight is 542 g/mol. The zero-order chi connectivity index (χ0) is 26.7. The van der Waals surface area contributed by atoms with E-state index in [0.717, 1.165) is 11.3 Å². The molecule has 0 unspecified atom stereocenters. The molecule has 1 aromatic heterocycles. The van der Waals surface area contributed by atoms with Crippen LogP contribution in [0.3, 0.4) is 0 Å². The van der Waals surface area contributed by atoms with Crippen LogP contribution < -0.4 is 21.5 Å². The Kier molecular flexibility index (Phi) is 7.77. The van der Waals surface area contributed by atoms with Gasteiger partial charge in [0.2, 0.25) is 0 Å². The number of carbonyl (C=O) groups excluding carboxylic acids is 2. The highest BCUT2D eigenvalue weighted by Crippen LogP contribution is 2.32. The Bertz CT molecular complexity index is 1290. The van der Waals surface area contributed by atoms with Gasteiger partial charge in [0.25, 0.3) is 11.8 Å². The molecular formula is C19H23N7O8S2. The molecule has 0 spiro atoms. The van der Waals surface area contributed by atoms with Gasteiger partial charge in [0.1, 0.15) is 29.9 Å². The number of ether oxygens (including phenoxy) is 1. The molecule has 1 saturated heterocycles. The fourth-order valence-electron chi connectivity index (χ4n) is 3.06. The number of carbonyl (C=O) groups is 2. The molecule has 3 rings (SSSR count). The molecule has 1 atom stereocenters. The van der Waals surface area contributed by atoms with Gasteiger partial charge >= 0.3 is 10.4 Å². The summed E-state index contributed by atoms with van der Waals surface area (Å²) in [4.78, 5) is 34.4. The number of amidine groups is 1. The van der Waals surface area contributed by atoms with E-state index >= 15 is 0 Å². The number of benzene rings is 1. The first-order chi connectivity index (χ1) is 16.8. The summed E-state index contributed by atoms with van der Waals surface area (Å²) < 4.78 is 40.5. The average Bonchev–Trinajstić information content (AvgIpc) is 3.23. The van der Waals surface area contributed by atoms with Crippen molar-refractivity contribution in [1.82, 2.24) is 15.4 Å². The van der Waals surface area contributed by atoms with Crippen molar-refractivity contribution < 1.29 is 36.4 Å². The smallest absolute Gasteiger partial charge is 0.418 e. The highest BCUT2D eigenvalue weighted by Gasteiger charge is 2.58. The minimum absolute atomic E-state index is 0.0608. The number of nitrogens with two attached hydrogens (primary N) is 2. The summed E-state index contributed by atoms with van der Waals surface area (Å²) in [6, 6.07) is 5.30. The molecule has 1 aliphatic rings. The number of nitrogens with one attached hydrogen (secondary N) is 2. The van der Waals surface area contributed by atoms with Crippen molar-refractivity contribution in [3.63, 3.8) is 0 Å². The van der Waals surface area contributed by atoms with Gasteiger partial charge in [-0.25, -0.2) is 4.98 Å². The standard InChI is InChI=1S/C19H23N7O8S2/c1-19(2)14(17(28)26(19)34-36(29,30)31)24-16(27)13(12-9-35-18(22)23-12)25-33-8-7-32-11-5-3-10(4-6-11)15(20)21/h3-6,9,14H,7-8H2,1-2H3,(H3,20,21)(H2,22,23)(H,24,27)(H,29,30,31)/t14-/m1/s1. The Balaban J connectivity index is 1.64. The Labute approximate surface area is 209 Å². The maximum Gasteiger partial charge on any atom is 0.418 e. The van der Waals surface area contributed by atoms with Gasteiger partial charge in [0.15, 0.2) is 17.5 Å². The summed E-state index contributed by atoms with van der Waals surface area (Å²) in [6.07, 6.45) is 0. The van der Waals surface area contributed by atoms with E-state index < -0.39 is 33.8 Å². The highest BCUT2D eigenvalue weighted by molar-refractivity contribution is 7.80. The third-order valence-corrected chi connectivity index (χ3v) is 5.88. The molecule has 0 saturated carbocycles. The molecule has 1 aliphatic heterocycles. The van der Waals surface area contributed by atoms with Gasteiger partial charge in [-0.05, 0) is 38.1 Å². The van der Waals surface area contributed by atoms with Crippen LogP contribution in [0, 0.1) is 5.41 Å². The highest BCUT2D eigenvalue weighted by atomic mass is 32.3. The maximum absolute atomic E-state index is 12.9. The van der Waals surface area contributed by atoms with Gasteiger partial charge in [-0.1, -0.05) is 5.16 Å². The lowest BCUT2D eigenvalue weighted by Crippen LogP contribution is -2.76. The SMILES string of the molecule is CC1(C)[C@H](NC(=O)C(=NOCCOc2ccc(C(=N)N)cc2)c2csc(N)n2)C(=O)N1OS(=O)(=O)O. The van der Waals surface area contributed by atoms with Gasteiger partial charge in [0.05, 0.1) is 5.54 Å². The van der Waals surface area contributed by atoms with E-state index in [-0.39, 0.29) is 35.6 Å². The first-order valence-electron chi connectivity index (χ1n) is 10.1. The fraction of sp³-hybridized carbons (Fsp3) is 0.316. The fourth-order valence-corrected chi connectivity index (χ4v) is 4.06. The molecule has 15 nitrogen and oxygen atoms in total. The van der Waals surface area contributed by atoms with Crippen LogP contribution in [0.25, 0.3) is 0 Å². The topological polar surface area (TPSA) is 233 Å². The molecule has 0 aliphatic carbocycles. The summed E-state index contributed by atoms with van der Waals surface area (Å²) in [7, 11) is -4.94. The third-order valence-electron chi connectivity index (χ3n) is 4.87. The molecule has 17 heteroatoms. The van der Waals surface area contributed by atoms with Crippen LogP contribution >= 0.6 is 11.3 Å². The summed E-state index contributed by atoms with van der Waals surface area (Å²) in [5.41, 5.74) is 10.1. The molecular weight excluding hydrogens is 518 g/mol.